The van der Waals surface area contributed by atoms with Crippen LogP contribution in [0.5, 0.6) is 11.5 Å². The van der Waals surface area contributed by atoms with Crippen LogP contribution in [-0.4, -0.2) is 10.2 Å². The van der Waals surface area contributed by atoms with Crippen molar-refractivity contribution >= 4 is 6.08 Å². The number of phenolic OH excluding ortho intramolecular Hbond substituents is 2. The Balaban J connectivity index is 3.24. The number of benzene rings is 1. The summed E-state index contributed by atoms with van der Waals surface area (Å²) < 4.78 is 0. The van der Waals surface area contributed by atoms with E-state index in [0.717, 1.165) is 0 Å². The van der Waals surface area contributed by atoms with Crippen molar-refractivity contribution in [2.45, 2.75) is 0 Å². The van der Waals surface area contributed by atoms with Crippen LogP contribution in [0.25, 0.3) is 6.08 Å². The Morgan fingerprint density at radius 2 is 1.86 bits per heavy atom. The predicted molar refractivity (Wildman–Crippen MR) is 49.0 cm³/mol. The zero-order valence-electron chi connectivity index (χ0n) is 7.10. The second-order valence-electron chi connectivity index (χ2n) is 2.50. The van der Waals surface area contributed by atoms with Gasteiger partial charge in [-0.05, 0) is 12.1 Å². The highest BCUT2D eigenvalue weighted by Crippen LogP contribution is 2.29. The fraction of sp³-hybridized carbons (Fsp3) is 0. The second-order valence-corrected chi connectivity index (χ2v) is 2.50. The number of hydrogen-bond acceptors (Lipinski definition) is 4. The molecule has 0 radical (unpaired) electrons. The van der Waals surface area contributed by atoms with E-state index in [1.807, 2.05) is 0 Å². The number of allylic oxidation sites excluding steroid dienone is 1. The van der Waals surface area contributed by atoms with Gasteiger partial charge >= 0.3 is 0 Å². The van der Waals surface area contributed by atoms with Gasteiger partial charge in [-0.1, -0.05) is 12.1 Å². The monoisotopic (exact) mass is 186 g/mol. The van der Waals surface area contributed by atoms with Crippen LogP contribution in [0.1, 0.15) is 5.56 Å². The molecule has 0 heterocycles. The second kappa shape index (κ2) is 3.97. The molecule has 0 saturated carbocycles. The van der Waals surface area contributed by atoms with E-state index in [9.17, 15) is 5.11 Å². The topological polar surface area (TPSA) is 88.0 Å². The van der Waals surface area contributed by atoms with Gasteiger partial charge in [0.1, 0.15) is 17.7 Å². The minimum atomic E-state index is -0.337. The van der Waals surface area contributed by atoms with E-state index in [2.05, 4.69) is 0 Å². The summed E-state index contributed by atoms with van der Waals surface area (Å²) in [6.07, 6.45) is 1.20. The Morgan fingerprint density at radius 1 is 1.21 bits per heavy atom. The summed E-state index contributed by atoms with van der Waals surface area (Å²) in [5.41, 5.74) is 0.106. The summed E-state index contributed by atoms with van der Waals surface area (Å²) in [5, 5.41) is 35.4. The maximum Gasteiger partial charge on any atom is 0.164 e. The number of para-hydroxylation sites is 1. The first-order chi connectivity index (χ1) is 6.69. The Kier molecular flexibility index (Phi) is 2.73. The summed E-state index contributed by atoms with van der Waals surface area (Å²) in [6.45, 7) is 0. The lowest BCUT2D eigenvalue weighted by atomic mass is 10.1. The highest BCUT2D eigenvalue weighted by atomic mass is 16.3. The Labute approximate surface area is 80.6 Å². The molecule has 68 valence electrons. The van der Waals surface area contributed by atoms with E-state index in [-0.39, 0.29) is 22.6 Å². The quantitative estimate of drug-likeness (QED) is 0.514. The highest BCUT2D eigenvalue weighted by Gasteiger charge is 2.04. The maximum atomic E-state index is 9.32. The largest absolute Gasteiger partial charge is 0.504 e. The molecule has 0 saturated heterocycles. The van der Waals surface area contributed by atoms with Gasteiger partial charge in [-0.3, -0.25) is 0 Å². The van der Waals surface area contributed by atoms with Crippen molar-refractivity contribution in [3.05, 3.63) is 29.3 Å². The third kappa shape index (κ3) is 1.82. The molecule has 4 nitrogen and oxygen atoms in total. The van der Waals surface area contributed by atoms with Gasteiger partial charge in [-0.25, -0.2) is 0 Å². The van der Waals surface area contributed by atoms with Gasteiger partial charge < -0.3 is 10.2 Å². The van der Waals surface area contributed by atoms with Crippen LogP contribution in [0.3, 0.4) is 0 Å². The van der Waals surface area contributed by atoms with E-state index in [1.54, 1.807) is 12.1 Å². The normalized spacial score (nSPS) is 8.43. The zero-order chi connectivity index (χ0) is 10.6. The zero-order valence-corrected chi connectivity index (χ0v) is 7.10. The van der Waals surface area contributed by atoms with Gasteiger partial charge in [0.2, 0.25) is 0 Å². The van der Waals surface area contributed by atoms with Crippen LogP contribution in [0.15, 0.2) is 23.8 Å². The number of nitriles is 2. The van der Waals surface area contributed by atoms with Gasteiger partial charge in [0.05, 0.1) is 0 Å². The molecule has 1 aromatic carbocycles. The van der Waals surface area contributed by atoms with E-state index < -0.39 is 0 Å². The molecule has 4 heteroatoms. The molecular formula is C10H6N2O2. The van der Waals surface area contributed by atoms with Crippen molar-refractivity contribution in [3.8, 4) is 23.6 Å². The molecule has 0 spiro atoms. The predicted octanol–water partition coefficient (Wildman–Crippen LogP) is 1.53. The number of rotatable bonds is 1. The average molecular weight is 186 g/mol. The van der Waals surface area contributed by atoms with Crippen molar-refractivity contribution in [1.82, 2.24) is 0 Å². The molecule has 0 unspecified atom stereocenters. The number of hydrogen-bond donors (Lipinski definition) is 2. The molecule has 0 atom stereocenters. The van der Waals surface area contributed by atoms with E-state index >= 15 is 0 Å². The number of aromatic hydroxyl groups is 2. The number of nitrogens with zero attached hydrogens (tertiary/aromatic N) is 2. The van der Waals surface area contributed by atoms with Crippen LogP contribution in [0.2, 0.25) is 0 Å². The average Bonchev–Trinajstić information content (AvgIpc) is 2.20. The van der Waals surface area contributed by atoms with Crippen molar-refractivity contribution < 1.29 is 10.2 Å². The first-order valence-corrected chi connectivity index (χ1v) is 3.72. The smallest absolute Gasteiger partial charge is 0.164 e. The lowest BCUT2D eigenvalue weighted by molar-refractivity contribution is 0.403. The minimum Gasteiger partial charge on any atom is -0.504 e. The summed E-state index contributed by atoms with van der Waals surface area (Å²) in [6, 6.07) is 7.62. The van der Waals surface area contributed by atoms with Gasteiger partial charge in [0, 0.05) is 5.56 Å². The molecule has 0 aliphatic heterocycles. The molecular weight excluding hydrogens is 180 g/mol. The molecule has 2 N–H and O–H groups in total. The standard InChI is InChI=1S/C10H6N2O2/c11-5-7(6-12)4-8-2-1-3-9(13)10(8)14/h1-4,13-14H. The fourth-order valence-electron chi connectivity index (χ4n) is 0.910. The Bertz CT molecular complexity index is 448. The lowest BCUT2D eigenvalue weighted by Crippen LogP contribution is -1.78. The van der Waals surface area contributed by atoms with Crippen molar-refractivity contribution in [2.75, 3.05) is 0 Å². The SMILES string of the molecule is N#CC(C#N)=Cc1cccc(O)c1O. The van der Waals surface area contributed by atoms with Crippen molar-refractivity contribution in [1.29, 1.82) is 10.5 Å². The summed E-state index contributed by atoms with van der Waals surface area (Å²) in [5.74, 6) is -0.621. The van der Waals surface area contributed by atoms with Gasteiger partial charge in [0.25, 0.3) is 0 Å². The van der Waals surface area contributed by atoms with Gasteiger partial charge in [-0.2, -0.15) is 10.5 Å². The molecule has 0 aliphatic rings. The first-order valence-electron chi connectivity index (χ1n) is 3.72. The molecule has 1 aromatic rings. The summed E-state index contributed by atoms with van der Waals surface area (Å²) in [4.78, 5) is 0. The molecule has 14 heavy (non-hydrogen) atoms. The lowest BCUT2D eigenvalue weighted by Gasteiger charge is -2.00. The van der Waals surface area contributed by atoms with E-state index in [1.165, 1.54) is 24.3 Å². The van der Waals surface area contributed by atoms with Crippen LogP contribution >= 0.6 is 0 Å². The minimum absolute atomic E-state index is 0.133. The van der Waals surface area contributed by atoms with Crippen LogP contribution in [0.4, 0.5) is 0 Å². The Hall–Kier alpha value is -2.46. The van der Waals surface area contributed by atoms with Gasteiger partial charge in [0.15, 0.2) is 11.5 Å². The van der Waals surface area contributed by atoms with E-state index in [0.29, 0.717) is 0 Å². The molecule has 1 rings (SSSR count). The molecule has 0 aliphatic carbocycles. The molecule has 0 fully saturated rings. The van der Waals surface area contributed by atoms with Crippen LogP contribution in [-0.2, 0) is 0 Å². The maximum absolute atomic E-state index is 9.32. The molecule has 0 amide bonds. The van der Waals surface area contributed by atoms with Crippen LogP contribution in [0, 0.1) is 22.7 Å². The molecule has 0 bridgehead atoms. The van der Waals surface area contributed by atoms with Crippen molar-refractivity contribution in [3.63, 3.8) is 0 Å². The Morgan fingerprint density at radius 3 is 2.43 bits per heavy atom. The third-order valence-electron chi connectivity index (χ3n) is 1.59. The van der Waals surface area contributed by atoms with Crippen molar-refractivity contribution in [2.24, 2.45) is 0 Å². The summed E-state index contributed by atoms with van der Waals surface area (Å²) in [7, 11) is 0. The first kappa shape index (κ1) is 9.63. The van der Waals surface area contributed by atoms with Crippen LogP contribution < -0.4 is 0 Å². The third-order valence-corrected chi connectivity index (χ3v) is 1.59. The fourth-order valence-corrected chi connectivity index (χ4v) is 0.910. The van der Waals surface area contributed by atoms with E-state index in [4.69, 9.17) is 15.6 Å². The number of phenols is 2. The molecule has 0 aromatic heterocycles. The van der Waals surface area contributed by atoms with Gasteiger partial charge in [-0.15, -0.1) is 0 Å². The highest BCUT2D eigenvalue weighted by molar-refractivity contribution is 5.68. The summed E-state index contributed by atoms with van der Waals surface area (Å²) >= 11 is 0.